The van der Waals surface area contributed by atoms with Gasteiger partial charge in [0.15, 0.2) is 0 Å². The van der Waals surface area contributed by atoms with Crippen molar-refractivity contribution in [1.82, 2.24) is 9.80 Å². The van der Waals surface area contributed by atoms with Crippen LogP contribution in [0.3, 0.4) is 0 Å². The third-order valence-corrected chi connectivity index (χ3v) is 5.63. The van der Waals surface area contributed by atoms with Crippen LogP contribution in [-0.4, -0.2) is 65.7 Å². The smallest absolute Gasteiger partial charge is 0.225 e. The van der Waals surface area contributed by atoms with Gasteiger partial charge in [0.1, 0.15) is 5.82 Å². The van der Waals surface area contributed by atoms with Crippen molar-refractivity contribution in [3.05, 3.63) is 35.6 Å². The van der Waals surface area contributed by atoms with Crippen LogP contribution in [0.1, 0.15) is 38.7 Å². The number of hydrogen-bond acceptors (Lipinski definition) is 4. The molecule has 2 aliphatic rings. The van der Waals surface area contributed by atoms with Gasteiger partial charge in [0.25, 0.3) is 0 Å². The molecule has 3 rings (SSSR count). The van der Waals surface area contributed by atoms with Crippen molar-refractivity contribution in [2.45, 2.75) is 50.9 Å². The van der Waals surface area contributed by atoms with Crippen molar-refractivity contribution in [1.29, 1.82) is 0 Å². The highest BCUT2D eigenvalue weighted by atomic mass is 19.1. The van der Waals surface area contributed by atoms with Crippen LogP contribution in [0.5, 0.6) is 0 Å². The summed E-state index contributed by atoms with van der Waals surface area (Å²) in [7, 11) is 0. The molecule has 0 bridgehead atoms. The first-order valence-electron chi connectivity index (χ1n) is 9.49. The van der Waals surface area contributed by atoms with E-state index in [1.807, 2.05) is 4.90 Å². The second-order valence-corrected chi connectivity index (χ2v) is 7.70. The number of carbonyl (C=O) groups is 1. The molecular weight excluding hydrogens is 335 g/mol. The number of piperidine rings is 1. The molecule has 1 N–H and O–H groups in total. The van der Waals surface area contributed by atoms with E-state index in [1.54, 1.807) is 12.1 Å². The molecule has 2 heterocycles. The van der Waals surface area contributed by atoms with Gasteiger partial charge in [-0.1, -0.05) is 12.1 Å². The summed E-state index contributed by atoms with van der Waals surface area (Å²) in [5.41, 5.74) is -0.269. The van der Waals surface area contributed by atoms with E-state index < -0.39 is 5.60 Å². The molecule has 0 unspecified atom stereocenters. The number of hydrogen-bond donors (Lipinski definition) is 1. The minimum absolute atomic E-state index is 0.0587. The van der Waals surface area contributed by atoms with Crippen molar-refractivity contribution >= 4 is 5.91 Å². The molecule has 1 amide bonds. The van der Waals surface area contributed by atoms with Gasteiger partial charge in [-0.2, -0.15) is 0 Å². The molecule has 2 fully saturated rings. The number of amides is 1. The monoisotopic (exact) mass is 364 g/mol. The topological polar surface area (TPSA) is 53.0 Å². The van der Waals surface area contributed by atoms with E-state index in [2.05, 4.69) is 18.7 Å². The zero-order valence-electron chi connectivity index (χ0n) is 15.7. The largest absolute Gasteiger partial charge is 0.385 e. The van der Waals surface area contributed by atoms with Gasteiger partial charge >= 0.3 is 0 Å². The molecule has 26 heavy (non-hydrogen) atoms. The van der Waals surface area contributed by atoms with Crippen molar-refractivity contribution < 1.29 is 19.0 Å². The fourth-order valence-electron chi connectivity index (χ4n) is 3.83. The van der Waals surface area contributed by atoms with Crippen molar-refractivity contribution in [2.24, 2.45) is 0 Å². The van der Waals surface area contributed by atoms with Crippen LogP contribution in [0.25, 0.3) is 0 Å². The molecule has 2 aliphatic heterocycles. The van der Waals surface area contributed by atoms with Crippen LogP contribution in [0.2, 0.25) is 0 Å². The summed E-state index contributed by atoms with van der Waals surface area (Å²) < 4.78 is 18.9. The third kappa shape index (κ3) is 4.42. The van der Waals surface area contributed by atoms with E-state index in [-0.39, 0.29) is 17.8 Å². The third-order valence-electron chi connectivity index (χ3n) is 5.63. The highest BCUT2D eigenvalue weighted by molar-refractivity contribution is 5.76. The Bertz CT molecular complexity index is 612. The quantitative estimate of drug-likeness (QED) is 0.889. The second kappa shape index (κ2) is 8.03. The molecule has 2 saturated heterocycles. The second-order valence-electron chi connectivity index (χ2n) is 7.70. The lowest BCUT2D eigenvalue weighted by molar-refractivity contribution is -0.141. The lowest BCUT2D eigenvalue weighted by Crippen LogP contribution is -2.49. The molecule has 0 radical (unpaired) electrons. The lowest BCUT2D eigenvalue weighted by Gasteiger charge is -2.40. The molecule has 1 aromatic rings. The Kier molecular flexibility index (Phi) is 5.95. The van der Waals surface area contributed by atoms with Gasteiger partial charge in [-0.05, 0) is 44.4 Å². The molecule has 1 aromatic carbocycles. The highest BCUT2D eigenvalue weighted by Gasteiger charge is 2.36. The summed E-state index contributed by atoms with van der Waals surface area (Å²) in [5.74, 6) is -0.227. The lowest BCUT2D eigenvalue weighted by atomic mass is 9.84. The number of aliphatic hydroxyl groups is 1. The van der Waals surface area contributed by atoms with Crippen LogP contribution in [0.15, 0.2) is 24.3 Å². The number of halogens is 1. The van der Waals surface area contributed by atoms with Crippen molar-refractivity contribution in [2.75, 3.05) is 32.8 Å². The van der Waals surface area contributed by atoms with Crippen LogP contribution < -0.4 is 0 Å². The summed E-state index contributed by atoms with van der Waals surface area (Å²) in [4.78, 5) is 16.8. The Labute approximate surface area is 154 Å². The number of carbonyl (C=O) groups excluding carboxylic acids is 1. The maximum Gasteiger partial charge on any atom is 0.225 e. The van der Waals surface area contributed by atoms with Gasteiger partial charge in [0.05, 0.1) is 24.7 Å². The number of morpholine rings is 1. The van der Waals surface area contributed by atoms with Crippen LogP contribution in [-0.2, 0) is 15.1 Å². The molecule has 0 aliphatic carbocycles. The van der Waals surface area contributed by atoms with E-state index in [1.165, 1.54) is 12.1 Å². The Morgan fingerprint density at radius 2 is 1.92 bits per heavy atom. The number of nitrogens with zero attached hydrogens (tertiary/aromatic N) is 2. The molecule has 5 nitrogen and oxygen atoms in total. The zero-order chi connectivity index (χ0) is 18.7. The van der Waals surface area contributed by atoms with Gasteiger partial charge in [-0.25, -0.2) is 4.39 Å². The van der Waals surface area contributed by atoms with Crippen LogP contribution >= 0.6 is 0 Å². The summed E-state index contributed by atoms with van der Waals surface area (Å²) >= 11 is 0. The zero-order valence-corrected chi connectivity index (χ0v) is 15.7. The molecular formula is C20H29FN2O3. The van der Waals surface area contributed by atoms with Crippen molar-refractivity contribution in [3.63, 3.8) is 0 Å². The Morgan fingerprint density at radius 1 is 1.27 bits per heavy atom. The van der Waals surface area contributed by atoms with E-state index in [4.69, 9.17) is 4.74 Å². The predicted molar refractivity (Wildman–Crippen MR) is 97.2 cm³/mol. The Morgan fingerprint density at radius 3 is 2.54 bits per heavy atom. The average molecular weight is 364 g/mol. The molecule has 1 atom stereocenters. The van der Waals surface area contributed by atoms with E-state index >= 15 is 0 Å². The van der Waals surface area contributed by atoms with E-state index in [0.717, 1.165) is 13.1 Å². The molecule has 0 saturated carbocycles. The minimum Gasteiger partial charge on any atom is -0.385 e. The predicted octanol–water partition coefficient (Wildman–Crippen LogP) is 2.13. The number of rotatable bonds is 4. The maximum absolute atomic E-state index is 13.1. The van der Waals surface area contributed by atoms with Gasteiger partial charge in [-0.3, -0.25) is 9.69 Å². The van der Waals surface area contributed by atoms with E-state index in [9.17, 15) is 14.3 Å². The summed E-state index contributed by atoms with van der Waals surface area (Å²) in [6, 6.07) is 6.45. The average Bonchev–Trinajstić information content (AvgIpc) is 2.63. The van der Waals surface area contributed by atoms with Crippen LogP contribution in [0, 0.1) is 5.82 Å². The summed E-state index contributed by atoms with van der Waals surface area (Å²) in [5, 5.41) is 10.9. The Balaban J connectivity index is 1.52. The molecule has 0 spiro atoms. The van der Waals surface area contributed by atoms with Crippen LogP contribution in [0.4, 0.5) is 4.39 Å². The fraction of sp³-hybridized carbons (Fsp3) is 0.650. The fourth-order valence-corrected chi connectivity index (χ4v) is 3.83. The first kappa shape index (κ1) is 19.3. The molecule has 0 aromatic heterocycles. The Hall–Kier alpha value is -1.50. The first-order valence-corrected chi connectivity index (χ1v) is 9.49. The van der Waals surface area contributed by atoms with Gasteiger partial charge in [0, 0.05) is 32.2 Å². The SMILES string of the molecule is CC(C)N1CCO[C@@H](CC(=O)N2CCC(O)(c3ccc(F)cc3)CC2)C1. The number of ether oxygens (including phenoxy) is 1. The number of benzene rings is 1. The maximum atomic E-state index is 13.1. The molecule has 144 valence electrons. The highest BCUT2D eigenvalue weighted by Crippen LogP contribution is 2.33. The van der Waals surface area contributed by atoms with Crippen molar-refractivity contribution in [3.8, 4) is 0 Å². The standard InChI is InChI=1S/C20H29FN2O3/c1-15(2)23-11-12-26-18(14-23)13-19(24)22-9-7-20(25,8-10-22)16-3-5-17(21)6-4-16/h3-6,15,18,25H,7-14H2,1-2H3/t18-/m0/s1. The minimum atomic E-state index is -0.986. The first-order chi connectivity index (χ1) is 12.4. The normalized spacial score (nSPS) is 24.0. The van der Waals surface area contributed by atoms with Gasteiger partial charge in [0.2, 0.25) is 5.91 Å². The van der Waals surface area contributed by atoms with Gasteiger partial charge < -0.3 is 14.7 Å². The summed E-state index contributed by atoms with van der Waals surface area (Å²) in [6.07, 6.45) is 1.26. The molecule has 6 heteroatoms. The van der Waals surface area contributed by atoms with Gasteiger partial charge in [-0.15, -0.1) is 0 Å². The number of likely N-dealkylation sites (tertiary alicyclic amines) is 1. The van der Waals surface area contributed by atoms with E-state index in [0.29, 0.717) is 50.6 Å². The summed E-state index contributed by atoms with van der Waals surface area (Å²) in [6.45, 7) is 7.70.